The summed E-state index contributed by atoms with van der Waals surface area (Å²) in [6, 6.07) is 17.1. The topological polar surface area (TPSA) is 94.3 Å². The molecule has 1 aliphatic rings. The van der Waals surface area contributed by atoms with Crippen LogP contribution in [0.2, 0.25) is 0 Å². The molecule has 2 heterocycles. The lowest BCUT2D eigenvalue weighted by Crippen LogP contribution is -2.38. The minimum absolute atomic E-state index is 0.00699. The van der Waals surface area contributed by atoms with E-state index in [1.807, 2.05) is 54.7 Å². The lowest BCUT2D eigenvalue weighted by atomic mass is 10.1. The van der Waals surface area contributed by atoms with Gasteiger partial charge in [0.05, 0.1) is 5.92 Å². The molecule has 154 valence electrons. The number of nitrogens with one attached hydrogen (secondary N) is 3. The van der Waals surface area contributed by atoms with Gasteiger partial charge in [-0.15, -0.1) is 0 Å². The Bertz CT molecular complexity index is 1060. The Morgan fingerprint density at radius 1 is 1.03 bits per heavy atom. The number of likely N-dealkylation sites (tertiary alicyclic amines) is 1. The molecule has 7 heteroatoms. The van der Waals surface area contributed by atoms with Crippen LogP contribution in [-0.4, -0.2) is 47.2 Å². The number of carbonyl (C=O) groups is 3. The standard InChI is InChI=1S/C23H24N4O3/c28-21-13-19(15-27(21)14-16-4-2-1-3-5-16)23(30)26-11-10-25-22(29)18-6-7-20-17(12-18)8-9-24-20/h1-9,12,19,24H,10-11,13-15H2,(H,25,29)(H,26,30). The number of rotatable bonds is 7. The molecule has 4 rings (SSSR count). The highest BCUT2D eigenvalue weighted by Gasteiger charge is 2.33. The first kappa shape index (κ1) is 19.7. The van der Waals surface area contributed by atoms with Crippen molar-refractivity contribution in [1.29, 1.82) is 0 Å². The SMILES string of the molecule is O=C(NCCNC(=O)C1CC(=O)N(Cc2ccccc2)C1)c1ccc2[nH]ccc2c1. The first-order chi connectivity index (χ1) is 14.6. The van der Waals surface area contributed by atoms with E-state index in [9.17, 15) is 14.4 Å². The zero-order valence-electron chi connectivity index (χ0n) is 16.6. The van der Waals surface area contributed by atoms with Gasteiger partial charge >= 0.3 is 0 Å². The Hall–Kier alpha value is -3.61. The fraction of sp³-hybridized carbons (Fsp3) is 0.261. The molecule has 1 unspecified atom stereocenters. The van der Waals surface area contributed by atoms with E-state index in [4.69, 9.17) is 0 Å². The first-order valence-corrected chi connectivity index (χ1v) is 10.0. The Labute approximate surface area is 174 Å². The van der Waals surface area contributed by atoms with E-state index in [0.29, 0.717) is 31.7 Å². The van der Waals surface area contributed by atoms with Gasteiger partial charge in [-0.25, -0.2) is 0 Å². The van der Waals surface area contributed by atoms with E-state index in [2.05, 4.69) is 15.6 Å². The van der Waals surface area contributed by atoms with Crippen LogP contribution in [0, 0.1) is 5.92 Å². The summed E-state index contributed by atoms with van der Waals surface area (Å²) < 4.78 is 0. The molecule has 0 spiro atoms. The summed E-state index contributed by atoms with van der Waals surface area (Å²) in [6.45, 7) is 1.58. The highest BCUT2D eigenvalue weighted by atomic mass is 16.2. The summed E-state index contributed by atoms with van der Waals surface area (Å²) in [5, 5.41) is 6.61. The highest BCUT2D eigenvalue weighted by molar-refractivity contribution is 5.98. The van der Waals surface area contributed by atoms with Crippen LogP contribution in [0.3, 0.4) is 0 Å². The number of nitrogens with zero attached hydrogens (tertiary/aromatic N) is 1. The third-order valence-corrected chi connectivity index (χ3v) is 5.33. The molecule has 3 amide bonds. The van der Waals surface area contributed by atoms with Gasteiger partial charge in [-0.3, -0.25) is 14.4 Å². The largest absolute Gasteiger partial charge is 0.361 e. The van der Waals surface area contributed by atoms with Crippen molar-refractivity contribution < 1.29 is 14.4 Å². The maximum Gasteiger partial charge on any atom is 0.251 e. The molecule has 1 atom stereocenters. The van der Waals surface area contributed by atoms with Gasteiger partial charge in [0.15, 0.2) is 0 Å². The van der Waals surface area contributed by atoms with E-state index in [1.165, 1.54) is 0 Å². The highest BCUT2D eigenvalue weighted by Crippen LogP contribution is 2.20. The predicted molar refractivity (Wildman–Crippen MR) is 114 cm³/mol. The van der Waals surface area contributed by atoms with Gasteiger partial charge in [-0.2, -0.15) is 0 Å². The van der Waals surface area contributed by atoms with Gasteiger partial charge < -0.3 is 20.5 Å². The summed E-state index contributed by atoms with van der Waals surface area (Å²) in [4.78, 5) is 41.7. The predicted octanol–water partition coefficient (Wildman–Crippen LogP) is 2.06. The first-order valence-electron chi connectivity index (χ1n) is 10.0. The van der Waals surface area contributed by atoms with E-state index in [-0.39, 0.29) is 30.1 Å². The fourth-order valence-electron chi connectivity index (χ4n) is 3.71. The van der Waals surface area contributed by atoms with E-state index < -0.39 is 0 Å². The van der Waals surface area contributed by atoms with Gasteiger partial charge in [0, 0.05) is 55.3 Å². The average Bonchev–Trinajstić information content (AvgIpc) is 3.37. The number of H-pyrrole nitrogens is 1. The molecule has 0 radical (unpaired) electrons. The van der Waals surface area contributed by atoms with Crippen molar-refractivity contribution in [3.05, 3.63) is 71.9 Å². The van der Waals surface area contributed by atoms with Crippen molar-refractivity contribution in [2.45, 2.75) is 13.0 Å². The molecule has 1 saturated heterocycles. The van der Waals surface area contributed by atoms with Gasteiger partial charge in [0.25, 0.3) is 5.91 Å². The minimum atomic E-state index is -0.354. The number of benzene rings is 2. The second-order valence-electron chi connectivity index (χ2n) is 7.49. The second kappa shape index (κ2) is 8.82. The number of fused-ring (bicyclic) bond motifs is 1. The van der Waals surface area contributed by atoms with Gasteiger partial charge in [-0.1, -0.05) is 30.3 Å². The van der Waals surface area contributed by atoms with Crippen LogP contribution in [0.5, 0.6) is 0 Å². The maximum atomic E-state index is 12.4. The Balaban J connectivity index is 1.21. The Morgan fingerprint density at radius 2 is 1.83 bits per heavy atom. The molecule has 3 N–H and O–H groups in total. The smallest absolute Gasteiger partial charge is 0.251 e. The number of aromatic nitrogens is 1. The molecule has 3 aromatic rings. The van der Waals surface area contributed by atoms with Crippen molar-refractivity contribution in [3.8, 4) is 0 Å². The van der Waals surface area contributed by atoms with Crippen LogP contribution in [0.1, 0.15) is 22.3 Å². The summed E-state index contributed by atoms with van der Waals surface area (Å²) in [5.74, 6) is -0.695. The van der Waals surface area contributed by atoms with Gasteiger partial charge in [0.1, 0.15) is 0 Å². The van der Waals surface area contributed by atoms with Crippen LogP contribution < -0.4 is 10.6 Å². The Morgan fingerprint density at radius 3 is 2.67 bits per heavy atom. The van der Waals surface area contributed by atoms with Crippen molar-refractivity contribution in [2.75, 3.05) is 19.6 Å². The maximum absolute atomic E-state index is 12.4. The number of amides is 3. The number of carbonyl (C=O) groups excluding carboxylic acids is 3. The van der Waals surface area contributed by atoms with Crippen LogP contribution in [0.15, 0.2) is 60.8 Å². The molecular formula is C23H24N4O3. The zero-order valence-corrected chi connectivity index (χ0v) is 16.6. The lowest BCUT2D eigenvalue weighted by Gasteiger charge is -2.16. The molecule has 1 aliphatic heterocycles. The molecule has 1 aromatic heterocycles. The second-order valence-corrected chi connectivity index (χ2v) is 7.49. The molecule has 1 fully saturated rings. The van der Waals surface area contributed by atoms with Crippen molar-refractivity contribution >= 4 is 28.6 Å². The van der Waals surface area contributed by atoms with Crippen molar-refractivity contribution in [2.24, 2.45) is 5.92 Å². The zero-order chi connectivity index (χ0) is 20.9. The quantitative estimate of drug-likeness (QED) is 0.526. The van der Waals surface area contributed by atoms with Crippen LogP contribution in [0.25, 0.3) is 10.9 Å². The van der Waals surface area contributed by atoms with Gasteiger partial charge in [0.2, 0.25) is 11.8 Å². The van der Waals surface area contributed by atoms with Crippen molar-refractivity contribution in [1.82, 2.24) is 20.5 Å². The number of aromatic amines is 1. The van der Waals surface area contributed by atoms with Crippen LogP contribution in [-0.2, 0) is 16.1 Å². The van der Waals surface area contributed by atoms with E-state index in [0.717, 1.165) is 16.5 Å². The summed E-state index contributed by atoms with van der Waals surface area (Å²) in [5.41, 5.74) is 2.60. The summed E-state index contributed by atoms with van der Waals surface area (Å²) in [6.07, 6.45) is 2.05. The average molecular weight is 404 g/mol. The molecule has 7 nitrogen and oxygen atoms in total. The third kappa shape index (κ3) is 4.51. The summed E-state index contributed by atoms with van der Waals surface area (Å²) in [7, 11) is 0. The molecule has 30 heavy (non-hydrogen) atoms. The van der Waals surface area contributed by atoms with Crippen LogP contribution >= 0.6 is 0 Å². The number of hydrogen-bond acceptors (Lipinski definition) is 3. The van der Waals surface area contributed by atoms with Crippen molar-refractivity contribution in [3.63, 3.8) is 0 Å². The monoisotopic (exact) mass is 404 g/mol. The fourth-order valence-corrected chi connectivity index (χ4v) is 3.71. The van der Waals surface area contributed by atoms with Gasteiger partial charge in [-0.05, 0) is 29.8 Å². The van der Waals surface area contributed by atoms with E-state index in [1.54, 1.807) is 11.0 Å². The number of hydrogen-bond donors (Lipinski definition) is 3. The van der Waals surface area contributed by atoms with E-state index >= 15 is 0 Å². The lowest BCUT2D eigenvalue weighted by molar-refractivity contribution is -0.129. The summed E-state index contributed by atoms with van der Waals surface area (Å²) >= 11 is 0. The third-order valence-electron chi connectivity index (χ3n) is 5.33. The minimum Gasteiger partial charge on any atom is -0.361 e. The molecule has 2 aromatic carbocycles. The molecule has 0 bridgehead atoms. The molecular weight excluding hydrogens is 380 g/mol. The normalized spacial score (nSPS) is 16.1. The molecule has 0 aliphatic carbocycles. The van der Waals surface area contributed by atoms with Crippen LogP contribution in [0.4, 0.5) is 0 Å². The Kier molecular flexibility index (Phi) is 5.79. The molecule has 0 saturated carbocycles.